The summed E-state index contributed by atoms with van der Waals surface area (Å²) < 4.78 is 1.48. The summed E-state index contributed by atoms with van der Waals surface area (Å²) in [5.41, 5.74) is 0. The highest BCUT2D eigenvalue weighted by atomic mass is 127. The van der Waals surface area contributed by atoms with Crippen LogP contribution < -0.4 is 0 Å². The second kappa shape index (κ2) is 4.91. The molecule has 0 unspecified atom stereocenters. The van der Waals surface area contributed by atoms with E-state index >= 15 is 0 Å². The van der Waals surface area contributed by atoms with Crippen molar-refractivity contribution in [1.82, 2.24) is 3.11 Å². The monoisotopic (exact) mass is 223 g/mol. The van der Waals surface area contributed by atoms with Crippen molar-refractivity contribution >= 4 is 29.3 Å². The summed E-state index contributed by atoms with van der Waals surface area (Å²) in [7, 11) is 0. The topological polar surface area (TPSA) is 20.3 Å². The zero-order chi connectivity index (χ0) is 6.41. The summed E-state index contributed by atoms with van der Waals surface area (Å²) in [5, 5.41) is 0. The molecule has 0 aromatic carbocycles. The third kappa shape index (κ3) is 3.93. The van der Waals surface area contributed by atoms with Crippen LogP contribution in [0.4, 0.5) is 0 Å². The van der Waals surface area contributed by atoms with Crippen LogP contribution in [0.25, 0.3) is 0 Å². The molecule has 0 saturated carbocycles. The van der Waals surface area contributed by atoms with Crippen LogP contribution in [0.1, 0.15) is 6.42 Å². The summed E-state index contributed by atoms with van der Waals surface area (Å²) in [5.74, 6) is 2.43. The molecule has 0 aromatic rings. The Morgan fingerprint density at radius 3 is 2.88 bits per heavy atom. The van der Waals surface area contributed by atoms with Crippen molar-refractivity contribution in [2.75, 3.05) is 6.54 Å². The fourth-order valence-electron chi connectivity index (χ4n) is 0.224. The van der Waals surface area contributed by atoms with E-state index in [2.05, 4.69) is 5.92 Å². The normalized spacial score (nSPS) is 7.50. The molecule has 0 radical (unpaired) electrons. The minimum absolute atomic E-state index is 0.627. The second-order valence-electron chi connectivity index (χ2n) is 1.18. The lowest BCUT2D eigenvalue weighted by Crippen LogP contribution is -2.08. The zero-order valence-corrected chi connectivity index (χ0v) is 6.46. The molecular formula is C5H6INO. The Bertz CT molecular complexity index is 107. The number of nitrogens with zero attached hydrogens (tertiary/aromatic N) is 1. The first kappa shape index (κ1) is 7.76. The number of rotatable bonds is 3. The van der Waals surface area contributed by atoms with Gasteiger partial charge in [0.1, 0.15) is 0 Å². The number of carbonyl (C=O) groups is 1. The largest absolute Gasteiger partial charge is 0.287 e. The fraction of sp³-hybridized carbons (Fsp3) is 0.400. The molecule has 0 aliphatic carbocycles. The van der Waals surface area contributed by atoms with E-state index in [0.717, 1.165) is 6.41 Å². The highest BCUT2D eigenvalue weighted by molar-refractivity contribution is 14.1. The van der Waals surface area contributed by atoms with Crippen LogP contribution in [0.3, 0.4) is 0 Å². The molecule has 0 fully saturated rings. The van der Waals surface area contributed by atoms with E-state index in [1.807, 2.05) is 22.9 Å². The van der Waals surface area contributed by atoms with Gasteiger partial charge in [-0.1, -0.05) is 0 Å². The van der Waals surface area contributed by atoms with Crippen molar-refractivity contribution in [2.24, 2.45) is 0 Å². The highest BCUT2D eigenvalue weighted by Gasteiger charge is 1.89. The number of hydrogen-bond donors (Lipinski definition) is 0. The van der Waals surface area contributed by atoms with Gasteiger partial charge in [-0.25, -0.2) is 0 Å². The predicted molar refractivity (Wildman–Crippen MR) is 40.2 cm³/mol. The van der Waals surface area contributed by atoms with Crippen LogP contribution >= 0.6 is 22.9 Å². The van der Waals surface area contributed by atoms with Crippen LogP contribution in [0.5, 0.6) is 0 Å². The molecule has 1 amide bonds. The predicted octanol–water partition coefficient (Wildman–Crippen LogP) is 0.818. The Morgan fingerprint density at radius 2 is 2.50 bits per heavy atom. The first-order valence-corrected chi connectivity index (χ1v) is 3.09. The molecule has 0 saturated heterocycles. The van der Waals surface area contributed by atoms with Gasteiger partial charge in [0, 0.05) is 13.0 Å². The van der Waals surface area contributed by atoms with Crippen molar-refractivity contribution in [3.63, 3.8) is 0 Å². The Kier molecular flexibility index (Phi) is 4.76. The van der Waals surface area contributed by atoms with Crippen molar-refractivity contribution in [3.05, 3.63) is 0 Å². The number of terminal acetylenes is 1. The molecule has 0 N–H and O–H groups in total. The number of amides is 1. The van der Waals surface area contributed by atoms with E-state index in [-0.39, 0.29) is 0 Å². The van der Waals surface area contributed by atoms with Crippen molar-refractivity contribution < 1.29 is 4.79 Å². The van der Waals surface area contributed by atoms with E-state index < -0.39 is 0 Å². The van der Waals surface area contributed by atoms with Gasteiger partial charge < -0.3 is 0 Å². The Morgan fingerprint density at radius 1 is 1.88 bits per heavy atom. The molecule has 0 bridgehead atoms. The maximum Gasteiger partial charge on any atom is 0.218 e. The molecule has 0 aliphatic heterocycles. The summed E-state index contributed by atoms with van der Waals surface area (Å²) in [6.45, 7) is 0.639. The molecular weight excluding hydrogens is 217 g/mol. The quantitative estimate of drug-likeness (QED) is 0.300. The van der Waals surface area contributed by atoms with Crippen molar-refractivity contribution in [1.29, 1.82) is 0 Å². The van der Waals surface area contributed by atoms with Gasteiger partial charge in [0.05, 0.1) is 22.9 Å². The molecule has 0 rings (SSSR count). The summed E-state index contributed by atoms with van der Waals surface area (Å²) in [6.07, 6.45) is 6.31. The average molecular weight is 223 g/mol. The standard InChI is InChI=1S/C5H6INO/c1-2-3-4-7(6)5-8/h1,5H,3-4H2. The van der Waals surface area contributed by atoms with Crippen molar-refractivity contribution in [2.45, 2.75) is 6.42 Å². The van der Waals surface area contributed by atoms with E-state index in [4.69, 9.17) is 6.42 Å². The van der Waals surface area contributed by atoms with Gasteiger partial charge in [-0.05, 0) is 0 Å². The molecule has 0 heterocycles. The van der Waals surface area contributed by atoms with Gasteiger partial charge in [-0.15, -0.1) is 12.3 Å². The lowest BCUT2D eigenvalue weighted by Gasteiger charge is -2.01. The Labute approximate surface area is 62.7 Å². The minimum atomic E-state index is 0.627. The van der Waals surface area contributed by atoms with Gasteiger partial charge >= 0.3 is 0 Å². The number of hydrogen-bond acceptors (Lipinski definition) is 1. The number of carbonyl (C=O) groups excluding carboxylic acids is 1. The van der Waals surface area contributed by atoms with Gasteiger partial charge in [0.25, 0.3) is 0 Å². The molecule has 8 heavy (non-hydrogen) atoms. The SMILES string of the molecule is C#CCCN(I)C=O. The molecule has 0 aliphatic rings. The maximum atomic E-state index is 9.86. The first-order chi connectivity index (χ1) is 3.81. The maximum absolute atomic E-state index is 9.86. The van der Waals surface area contributed by atoms with Crippen LogP contribution in [0.2, 0.25) is 0 Å². The Balaban J connectivity index is 3.13. The third-order valence-electron chi connectivity index (χ3n) is 0.584. The van der Waals surface area contributed by atoms with E-state index in [1.54, 1.807) is 0 Å². The third-order valence-corrected chi connectivity index (χ3v) is 1.29. The molecule has 3 heteroatoms. The fourth-order valence-corrected chi connectivity index (χ4v) is 0.465. The molecule has 0 aromatic heterocycles. The summed E-state index contributed by atoms with van der Waals surface area (Å²) in [6, 6.07) is 0. The molecule has 0 spiro atoms. The van der Waals surface area contributed by atoms with E-state index in [1.165, 1.54) is 3.11 Å². The van der Waals surface area contributed by atoms with Crippen LogP contribution in [-0.4, -0.2) is 16.1 Å². The molecule has 0 atom stereocenters. The Hall–Kier alpha value is -0.240. The van der Waals surface area contributed by atoms with Crippen molar-refractivity contribution in [3.8, 4) is 12.3 Å². The highest BCUT2D eigenvalue weighted by Crippen LogP contribution is 1.93. The van der Waals surface area contributed by atoms with Crippen LogP contribution in [0, 0.1) is 12.3 Å². The summed E-state index contributed by atoms with van der Waals surface area (Å²) in [4.78, 5) is 9.86. The van der Waals surface area contributed by atoms with Gasteiger partial charge in [-0.3, -0.25) is 7.91 Å². The smallest absolute Gasteiger partial charge is 0.218 e. The second-order valence-corrected chi connectivity index (χ2v) is 2.42. The molecule has 2 nitrogen and oxygen atoms in total. The van der Waals surface area contributed by atoms with Crippen LogP contribution in [-0.2, 0) is 4.79 Å². The first-order valence-electron chi connectivity index (χ1n) is 2.12. The zero-order valence-electron chi connectivity index (χ0n) is 4.30. The van der Waals surface area contributed by atoms with Gasteiger partial charge in [-0.2, -0.15) is 0 Å². The van der Waals surface area contributed by atoms with E-state index in [9.17, 15) is 4.79 Å². The van der Waals surface area contributed by atoms with Gasteiger partial charge in [0.15, 0.2) is 0 Å². The number of halogens is 1. The minimum Gasteiger partial charge on any atom is -0.287 e. The average Bonchev–Trinajstić information content (AvgIpc) is 1.83. The van der Waals surface area contributed by atoms with Gasteiger partial charge in [0.2, 0.25) is 6.41 Å². The lowest BCUT2D eigenvalue weighted by molar-refractivity contribution is -0.112. The summed E-state index contributed by atoms with van der Waals surface area (Å²) >= 11 is 1.90. The lowest BCUT2D eigenvalue weighted by atomic mass is 10.4. The molecule has 44 valence electrons. The van der Waals surface area contributed by atoms with E-state index in [0.29, 0.717) is 13.0 Å². The van der Waals surface area contributed by atoms with Crippen LogP contribution in [0.15, 0.2) is 0 Å².